The van der Waals surface area contributed by atoms with Crippen molar-refractivity contribution in [3.63, 3.8) is 0 Å². The molecule has 0 radical (unpaired) electrons. The van der Waals surface area contributed by atoms with Crippen LogP contribution in [0.5, 0.6) is 0 Å². The van der Waals surface area contributed by atoms with Gasteiger partial charge in [-0.25, -0.2) is 5.26 Å². The molecule has 5 heteroatoms. The van der Waals surface area contributed by atoms with Gasteiger partial charge in [0.05, 0.1) is 6.07 Å². The van der Waals surface area contributed by atoms with E-state index in [9.17, 15) is 4.79 Å². The Balaban J connectivity index is 0.00000289. The van der Waals surface area contributed by atoms with Gasteiger partial charge in [0.2, 0.25) is 0 Å². The van der Waals surface area contributed by atoms with E-state index in [1.165, 1.54) is 6.92 Å². The van der Waals surface area contributed by atoms with Crippen LogP contribution in [0, 0.1) is 17.4 Å². The molecule has 90 valence electrons. The molecule has 0 aromatic heterocycles. The maximum atomic E-state index is 11.1. The van der Waals surface area contributed by atoms with E-state index < -0.39 is 8.32 Å². The van der Waals surface area contributed by atoms with E-state index in [1.54, 1.807) is 24.3 Å². The molecular formula is C13H16LiNO2Si. The molecule has 0 saturated heterocycles. The Bertz CT molecular complexity index is 446. The monoisotopic (exact) mass is 253 g/mol. The standard InChI is InChI=1S/C13H16NO2Si.Li/c1-10(15)11-5-7-12(8-6-11)13(9-14)16-17(2,3)4;/h5-8H,1-4H3;/q-1;+1. The van der Waals surface area contributed by atoms with Gasteiger partial charge < -0.3 is 4.43 Å². The Labute approximate surface area is 121 Å². The van der Waals surface area contributed by atoms with Gasteiger partial charge in [0.25, 0.3) is 0 Å². The molecular weight excluding hydrogens is 237 g/mol. The number of rotatable bonds is 4. The van der Waals surface area contributed by atoms with Crippen molar-refractivity contribution in [2.24, 2.45) is 0 Å². The molecule has 0 aliphatic rings. The number of hydrogen-bond acceptors (Lipinski definition) is 3. The molecule has 0 aliphatic carbocycles. The summed E-state index contributed by atoms with van der Waals surface area (Å²) in [5.74, 6) is 0.0150. The zero-order chi connectivity index (χ0) is 13.1. The van der Waals surface area contributed by atoms with Crippen LogP contribution in [0.2, 0.25) is 19.6 Å². The van der Waals surface area contributed by atoms with Crippen LogP contribution in [0.4, 0.5) is 0 Å². The van der Waals surface area contributed by atoms with E-state index in [1.807, 2.05) is 19.6 Å². The predicted octanol–water partition coefficient (Wildman–Crippen LogP) is 0.148. The van der Waals surface area contributed by atoms with Gasteiger partial charge in [-0.05, 0) is 32.1 Å². The normalized spacial score (nSPS) is 10.2. The number of benzene rings is 1. The zero-order valence-corrected chi connectivity index (χ0v) is 12.6. The topological polar surface area (TPSA) is 50.1 Å². The molecule has 1 rings (SSSR count). The number of Topliss-reactive ketones (excluding diaryl/α,β-unsaturated/α-hetero) is 1. The van der Waals surface area contributed by atoms with Gasteiger partial charge in [0, 0.05) is 6.10 Å². The summed E-state index contributed by atoms with van der Waals surface area (Å²) in [6, 6.07) is 8.98. The number of ketones is 1. The molecule has 0 saturated carbocycles. The third-order valence-electron chi connectivity index (χ3n) is 2.06. The van der Waals surface area contributed by atoms with E-state index in [0.717, 1.165) is 5.56 Å². The zero-order valence-electron chi connectivity index (χ0n) is 11.6. The van der Waals surface area contributed by atoms with Gasteiger partial charge in [0.1, 0.15) is 0 Å². The van der Waals surface area contributed by atoms with Gasteiger partial charge >= 0.3 is 18.9 Å². The van der Waals surface area contributed by atoms with Gasteiger partial charge in [0.15, 0.2) is 14.1 Å². The first-order chi connectivity index (χ1) is 7.83. The van der Waals surface area contributed by atoms with Gasteiger partial charge in [-0.1, -0.05) is 0 Å². The molecule has 0 unspecified atom stereocenters. The average Bonchev–Trinajstić information content (AvgIpc) is 2.25. The van der Waals surface area contributed by atoms with E-state index in [0.29, 0.717) is 11.7 Å². The molecule has 1 aromatic carbocycles. The summed E-state index contributed by atoms with van der Waals surface area (Å²) in [5.41, 5.74) is 1.36. The molecule has 0 N–H and O–H groups in total. The van der Waals surface area contributed by atoms with Gasteiger partial charge in [-0.15, -0.1) is 17.7 Å². The van der Waals surface area contributed by atoms with Crippen molar-refractivity contribution in [2.45, 2.75) is 26.6 Å². The molecule has 18 heavy (non-hydrogen) atoms. The first-order valence-electron chi connectivity index (χ1n) is 5.41. The molecule has 1 aromatic rings. The molecule has 0 amide bonds. The predicted molar refractivity (Wildman–Crippen MR) is 68.8 cm³/mol. The number of carbonyl (C=O) groups is 1. The van der Waals surface area contributed by atoms with Crippen molar-refractivity contribution >= 4 is 14.1 Å². The van der Waals surface area contributed by atoms with Crippen molar-refractivity contribution in [3.8, 4) is 6.07 Å². The number of hydrogen-bond donors (Lipinski definition) is 0. The van der Waals surface area contributed by atoms with Crippen LogP contribution in [0.1, 0.15) is 22.8 Å². The molecule has 0 fully saturated rings. The SMILES string of the molecule is CC(=O)c1ccc([C-](C#N)O[Si](C)(C)C)cc1.[Li+]. The Morgan fingerprint density at radius 3 is 2.11 bits per heavy atom. The second-order valence-corrected chi connectivity index (χ2v) is 9.22. The Kier molecular flexibility index (Phi) is 6.45. The second kappa shape index (κ2) is 6.82. The minimum atomic E-state index is -1.79. The van der Waals surface area contributed by atoms with Crippen molar-refractivity contribution < 1.29 is 28.1 Å². The molecule has 3 nitrogen and oxygen atoms in total. The van der Waals surface area contributed by atoms with E-state index in [4.69, 9.17) is 9.69 Å². The smallest absolute Gasteiger partial charge is 0.436 e. The van der Waals surface area contributed by atoms with Crippen molar-refractivity contribution in [3.05, 3.63) is 41.5 Å². The summed E-state index contributed by atoms with van der Waals surface area (Å²) in [7, 11) is -1.79. The van der Waals surface area contributed by atoms with E-state index in [-0.39, 0.29) is 24.6 Å². The molecule has 0 heterocycles. The van der Waals surface area contributed by atoms with Crippen LogP contribution in [-0.4, -0.2) is 14.1 Å². The van der Waals surface area contributed by atoms with Crippen LogP contribution >= 0.6 is 0 Å². The first kappa shape index (κ1) is 17.0. The maximum Gasteiger partial charge on any atom is 1.00 e. The van der Waals surface area contributed by atoms with Crippen molar-refractivity contribution in [1.29, 1.82) is 5.26 Å². The quantitative estimate of drug-likeness (QED) is 0.436. The molecule has 0 aliphatic heterocycles. The van der Waals surface area contributed by atoms with Crippen LogP contribution in [0.15, 0.2) is 24.3 Å². The van der Waals surface area contributed by atoms with Crippen LogP contribution in [0.25, 0.3) is 0 Å². The number of nitrogens with zero attached hydrogens (tertiary/aromatic N) is 1. The largest absolute Gasteiger partial charge is 1.00 e. The van der Waals surface area contributed by atoms with Crippen molar-refractivity contribution in [2.75, 3.05) is 0 Å². The Morgan fingerprint density at radius 2 is 1.78 bits per heavy atom. The third-order valence-corrected chi connectivity index (χ3v) is 2.88. The summed E-state index contributed by atoms with van der Waals surface area (Å²) < 4.78 is 5.68. The average molecular weight is 253 g/mol. The van der Waals surface area contributed by atoms with Gasteiger partial charge in [-0.2, -0.15) is 12.1 Å². The minimum Gasteiger partial charge on any atom is -0.436 e. The van der Waals surface area contributed by atoms with Crippen LogP contribution in [0.3, 0.4) is 0 Å². The Morgan fingerprint density at radius 1 is 1.28 bits per heavy atom. The fourth-order valence-electron chi connectivity index (χ4n) is 1.31. The summed E-state index contributed by atoms with van der Waals surface area (Å²) in [6.45, 7) is 7.58. The molecule has 0 spiro atoms. The molecule has 0 atom stereocenters. The Hall–Kier alpha value is -0.976. The maximum absolute atomic E-state index is 11.1. The number of nitriles is 1. The van der Waals surface area contributed by atoms with Crippen LogP contribution < -0.4 is 18.9 Å². The summed E-state index contributed by atoms with van der Waals surface area (Å²) >= 11 is 0. The first-order valence-corrected chi connectivity index (χ1v) is 8.82. The third kappa shape index (κ3) is 5.12. The minimum absolute atomic E-state index is 0. The molecule has 0 bridgehead atoms. The van der Waals surface area contributed by atoms with Crippen molar-refractivity contribution in [1.82, 2.24) is 0 Å². The second-order valence-electron chi connectivity index (χ2n) is 4.79. The summed E-state index contributed by atoms with van der Waals surface area (Å²) in [4.78, 5) is 11.1. The number of carbonyl (C=O) groups excluding carboxylic acids is 1. The fraction of sp³-hybridized carbons (Fsp3) is 0.308. The summed E-state index contributed by atoms with van der Waals surface area (Å²) in [6.07, 6.45) is 0.333. The summed E-state index contributed by atoms with van der Waals surface area (Å²) in [5, 5.41) is 9.06. The van der Waals surface area contributed by atoms with Crippen LogP contribution in [-0.2, 0) is 4.43 Å². The fourth-order valence-corrected chi connectivity index (χ4v) is 2.08. The van der Waals surface area contributed by atoms with E-state index in [2.05, 4.69) is 6.07 Å². The van der Waals surface area contributed by atoms with E-state index >= 15 is 0 Å². The van der Waals surface area contributed by atoms with Gasteiger partial charge in [-0.3, -0.25) is 4.79 Å².